The Hall–Kier alpha value is -0.160. The van der Waals surface area contributed by atoms with E-state index >= 15 is 0 Å². The summed E-state index contributed by atoms with van der Waals surface area (Å²) < 4.78 is 18.0. The summed E-state index contributed by atoms with van der Waals surface area (Å²) in [6.45, 7) is 8.66. The minimum absolute atomic E-state index is 0.0580. The molecule has 4 heteroatoms. The molecule has 122 valence electrons. The Morgan fingerprint density at radius 3 is 2.29 bits per heavy atom. The summed E-state index contributed by atoms with van der Waals surface area (Å²) in [6.07, 6.45) is 5.30. The number of ether oxygens (including phenoxy) is 3. The maximum absolute atomic E-state index is 10.9. The Balaban J connectivity index is 1.73. The van der Waals surface area contributed by atoms with Crippen LogP contribution < -0.4 is 0 Å². The normalized spacial score (nSPS) is 40.7. The zero-order valence-corrected chi connectivity index (χ0v) is 13.8. The average Bonchev–Trinajstić information content (AvgIpc) is 3.06. The fourth-order valence-electron chi connectivity index (χ4n) is 4.38. The largest absolute Gasteiger partial charge is 0.392 e. The molecule has 0 aromatic carbocycles. The molecule has 4 atom stereocenters. The monoisotopic (exact) mass is 298 g/mol. The molecule has 0 spiro atoms. The van der Waals surface area contributed by atoms with Gasteiger partial charge in [-0.1, -0.05) is 12.8 Å². The van der Waals surface area contributed by atoms with Crippen molar-refractivity contribution in [3.63, 3.8) is 0 Å². The lowest BCUT2D eigenvalue weighted by atomic mass is 9.81. The molecule has 1 saturated carbocycles. The van der Waals surface area contributed by atoms with E-state index in [9.17, 15) is 5.11 Å². The van der Waals surface area contributed by atoms with Gasteiger partial charge in [0.1, 0.15) is 6.10 Å². The molecule has 0 radical (unpaired) electrons. The highest BCUT2D eigenvalue weighted by molar-refractivity contribution is 4.98. The average molecular weight is 298 g/mol. The number of hydrogen-bond acceptors (Lipinski definition) is 4. The van der Waals surface area contributed by atoms with Gasteiger partial charge in [0.05, 0.1) is 24.4 Å². The van der Waals surface area contributed by atoms with E-state index in [2.05, 4.69) is 13.8 Å². The first kappa shape index (κ1) is 15.7. The predicted octanol–water partition coefficient (Wildman–Crippen LogP) is 2.87. The van der Waals surface area contributed by atoms with Gasteiger partial charge >= 0.3 is 0 Å². The van der Waals surface area contributed by atoms with Crippen LogP contribution in [-0.4, -0.2) is 41.4 Å². The molecular weight excluding hydrogens is 268 g/mol. The summed E-state index contributed by atoms with van der Waals surface area (Å²) in [6, 6.07) is 0. The van der Waals surface area contributed by atoms with Gasteiger partial charge in [0, 0.05) is 5.92 Å². The maximum atomic E-state index is 10.9. The third-order valence-electron chi connectivity index (χ3n) is 5.32. The van der Waals surface area contributed by atoms with E-state index in [0.29, 0.717) is 12.5 Å². The minimum Gasteiger partial charge on any atom is -0.392 e. The summed E-state index contributed by atoms with van der Waals surface area (Å²) in [4.78, 5) is 0. The molecule has 2 heterocycles. The van der Waals surface area contributed by atoms with Gasteiger partial charge in [0.2, 0.25) is 0 Å². The summed E-state index contributed by atoms with van der Waals surface area (Å²) in [5, 5.41) is 10.9. The van der Waals surface area contributed by atoms with Crippen LogP contribution in [0.1, 0.15) is 59.8 Å². The number of aliphatic hydroxyl groups excluding tert-OH is 1. The smallest absolute Gasteiger partial charge is 0.163 e. The van der Waals surface area contributed by atoms with Crippen LogP contribution in [0.5, 0.6) is 0 Å². The van der Waals surface area contributed by atoms with Crippen molar-refractivity contribution in [1.29, 1.82) is 0 Å². The van der Waals surface area contributed by atoms with Crippen molar-refractivity contribution in [2.24, 2.45) is 11.8 Å². The summed E-state index contributed by atoms with van der Waals surface area (Å²) in [5.74, 6) is 0.0554. The van der Waals surface area contributed by atoms with Crippen LogP contribution in [0, 0.1) is 11.8 Å². The Morgan fingerprint density at radius 1 is 1.05 bits per heavy atom. The standard InChI is InChI=1S/C17H30O4/c1-16(2)9-12(14(18)11-7-5-6-8-11)15(21-16)13-10-19-17(3,4)20-13/h11-15,18H,5-10H2,1-4H3/t12-,13+,14-,15+/m1/s1. The van der Waals surface area contributed by atoms with Crippen molar-refractivity contribution in [3.05, 3.63) is 0 Å². The van der Waals surface area contributed by atoms with E-state index in [1.54, 1.807) is 0 Å². The lowest BCUT2D eigenvalue weighted by Crippen LogP contribution is -2.41. The third kappa shape index (κ3) is 3.29. The molecule has 4 nitrogen and oxygen atoms in total. The van der Waals surface area contributed by atoms with Gasteiger partial charge in [-0.25, -0.2) is 0 Å². The fraction of sp³-hybridized carbons (Fsp3) is 1.00. The van der Waals surface area contributed by atoms with E-state index in [1.807, 2.05) is 13.8 Å². The van der Waals surface area contributed by atoms with E-state index in [4.69, 9.17) is 14.2 Å². The Kier molecular flexibility index (Phi) is 4.11. The Bertz CT molecular complexity index is 361. The zero-order valence-electron chi connectivity index (χ0n) is 13.8. The molecule has 2 aliphatic heterocycles. The highest BCUT2D eigenvalue weighted by atomic mass is 16.7. The van der Waals surface area contributed by atoms with Crippen molar-refractivity contribution in [3.8, 4) is 0 Å². The molecule has 3 rings (SSSR count). The molecule has 1 aliphatic carbocycles. The van der Waals surface area contributed by atoms with Crippen LogP contribution in [0.25, 0.3) is 0 Å². The fourth-order valence-corrected chi connectivity index (χ4v) is 4.38. The molecule has 0 unspecified atom stereocenters. The van der Waals surface area contributed by atoms with Crippen molar-refractivity contribution >= 4 is 0 Å². The van der Waals surface area contributed by atoms with Crippen LogP contribution in [0.2, 0.25) is 0 Å². The van der Waals surface area contributed by atoms with Gasteiger partial charge in [0.15, 0.2) is 5.79 Å². The van der Waals surface area contributed by atoms with Crippen LogP contribution in [0.4, 0.5) is 0 Å². The second-order valence-electron chi connectivity index (χ2n) is 8.11. The van der Waals surface area contributed by atoms with Gasteiger partial charge < -0.3 is 19.3 Å². The van der Waals surface area contributed by atoms with Gasteiger partial charge in [-0.05, 0) is 52.9 Å². The maximum Gasteiger partial charge on any atom is 0.163 e. The number of rotatable bonds is 3. The topological polar surface area (TPSA) is 47.9 Å². The lowest BCUT2D eigenvalue weighted by Gasteiger charge is -2.30. The molecule has 2 saturated heterocycles. The van der Waals surface area contributed by atoms with Crippen LogP contribution in [0.3, 0.4) is 0 Å². The van der Waals surface area contributed by atoms with E-state index in [-0.39, 0.29) is 29.8 Å². The molecule has 3 aliphatic rings. The van der Waals surface area contributed by atoms with Crippen molar-refractivity contribution in [1.82, 2.24) is 0 Å². The van der Waals surface area contributed by atoms with Crippen LogP contribution in [0.15, 0.2) is 0 Å². The molecule has 21 heavy (non-hydrogen) atoms. The highest BCUT2D eigenvalue weighted by Gasteiger charge is 2.51. The first-order valence-corrected chi connectivity index (χ1v) is 8.45. The van der Waals surface area contributed by atoms with Crippen molar-refractivity contribution in [2.45, 2.75) is 89.5 Å². The SMILES string of the molecule is CC1(C)C[C@H]([C@H](O)C2CCCC2)[C@@H]([C@@H]2COC(C)(C)O2)O1. The van der Waals surface area contributed by atoms with Crippen molar-refractivity contribution in [2.75, 3.05) is 6.61 Å². The molecule has 3 fully saturated rings. The van der Waals surface area contributed by atoms with Crippen LogP contribution >= 0.6 is 0 Å². The first-order chi connectivity index (χ1) is 9.77. The molecule has 1 N–H and O–H groups in total. The number of aliphatic hydroxyl groups is 1. The second-order valence-corrected chi connectivity index (χ2v) is 8.11. The highest BCUT2D eigenvalue weighted by Crippen LogP contribution is 2.44. The van der Waals surface area contributed by atoms with Gasteiger partial charge in [-0.2, -0.15) is 0 Å². The third-order valence-corrected chi connectivity index (χ3v) is 5.32. The van der Waals surface area contributed by atoms with E-state index < -0.39 is 5.79 Å². The second kappa shape index (κ2) is 5.48. The minimum atomic E-state index is -0.538. The molecule has 0 aromatic rings. The molecule has 0 aromatic heterocycles. The summed E-state index contributed by atoms with van der Waals surface area (Å²) >= 11 is 0. The van der Waals surface area contributed by atoms with E-state index in [1.165, 1.54) is 12.8 Å². The first-order valence-electron chi connectivity index (χ1n) is 8.45. The summed E-state index contributed by atoms with van der Waals surface area (Å²) in [7, 11) is 0. The van der Waals surface area contributed by atoms with E-state index in [0.717, 1.165) is 19.3 Å². The molecule has 0 amide bonds. The van der Waals surface area contributed by atoms with Gasteiger partial charge in [0.25, 0.3) is 0 Å². The van der Waals surface area contributed by atoms with Gasteiger partial charge in [-0.15, -0.1) is 0 Å². The Morgan fingerprint density at radius 2 is 1.71 bits per heavy atom. The lowest BCUT2D eigenvalue weighted by molar-refractivity contribution is -0.166. The molecular formula is C17H30O4. The number of hydrogen-bond donors (Lipinski definition) is 1. The Labute approximate surface area is 128 Å². The zero-order chi connectivity index (χ0) is 15.3. The van der Waals surface area contributed by atoms with Crippen LogP contribution in [-0.2, 0) is 14.2 Å². The summed E-state index contributed by atoms with van der Waals surface area (Å²) in [5.41, 5.74) is -0.189. The predicted molar refractivity (Wildman–Crippen MR) is 79.9 cm³/mol. The quantitative estimate of drug-likeness (QED) is 0.870. The van der Waals surface area contributed by atoms with Gasteiger partial charge in [-0.3, -0.25) is 0 Å². The van der Waals surface area contributed by atoms with Crippen molar-refractivity contribution < 1.29 is 19.3 Å². The molecule has 0 bridgehead atoms.